The molecule has 0 bridgehead atoms. The van der Waals surface area contributed by atoms with Crippen LogP contribution in [0.3, 0.4) is 0 Å². The predicted octanol–water partition coefficient (Wildman–Crippen LogP) is 6.15. The van der Waals surface area contributed by atoms with Crippen molar-refractivity contribution in [3.05, 3.63) is 30.2 Å². The monoisotopic (exact) mass is 466 g/mol. The zero-order chi connectivity index (χ0) is 23.9. The van der Waals surface area contributed by atoms with Gasteiger partial charge in [0.25, 0.3) is 0 Å². The Bertz CT molecular complexity index is 1120. The fourth-order valence-corrected chi connectivity index (χ4v) is 9.35. The highest BCUT2D eigenvalue weighted by Crippen LogP contribution is 2.68. The van der Waals surface area contributed by atoms with Gasteiger partial charge in [-0.25, -0.2) is 4.39 Å². The molecule has 1 aromatic heterocycles. The molecule has 0 radical (unpaired) electrons. The molecule has 0 spiro atoms. The second kappa shape index (κ2) is 7.62. The highest BCUT2D eigenvalue weighted by molar-refractivity contribution is 5.83. The van der Waals surface area contributed by atoms with Crippen molar-refractivity contribution in [2.24, 2.45) is 40.4 Å². The topological polar surface area (TPSA) is 55.1 Å². The number of Topliss-reactive ketones (excluding diaryl/α,β-unsaturated/α-hetero) is 1. The summed E-state index contributed by atoms with van der Waals surface area (Å²) in [4.78, 5) is 13.6. The van der Waals surface area contributed by atoms with E-state index in [1.165, 1.54) is 37.8 Å². The summed E-state index contributed by atoms with van der Waals surface area (Å²) in [5.74, 6) is 2.82. The van der Waals surface area contributed by atoms with Crippen LogP contribution in [0.5, 0.6) is 0 Å². The lowest BCUT2D eigenvalue weighted by atomic mass is 9.44. The molecular formula is C29H39FN2O2. The lowest BCUT2D eigenvalue weighted by molar-refractivity contribution is -0.151. The quantitative estimate of drug-likeness (QED) is 0.590. The number of hydrogen-bond acceptors (Lipinski definition) is 3. The van der Waals surface area contributed by atoms with Gasteiger partial charge < -0.3 is 5.11 Å². The summed E-state index contributed by atoms with van der Waals surface area (Å²) in [5.41, 5.74) is 0.549. The van der Waals surface area contributed by atoms with E-state index >= 15 is 0 Å². The molecule has 184 valence electrons. The van der Waals surface area contributed by atoms with Gasteiger partial charge in [0.2, 0.25) is 0 Å². The van der Waals surface area contributed by atoms with E-state index in [0.29, 0.717) is 28.6 Å². The van der Waals surface area contributed by atoms with Crippen molar-refractivity contribution in [2.45, 2.75) is 90.7 Å². The fraction of sp³-hybridized carbons (Fsp3) is 0.724. The molecule has 5 heteroatoms. The molecule has 4 fully saturated rings. The van der Waals surface area contributed by atoms with Crippen LogP contribution in [-0.4, -0.2) is 26.3 Å². The number of carbonyl (C=O) groups is 1. The van der Waals surface area contributed by atoms with Gasteiger partial charge >= 0.3 is 0 Å². The molecule has 0 aliphatic heterocycles. The van der Waals surface area contributed by atoms with Crippen LogP contribution in [0.4, 0.5) is 4.39 Å². The number of hydrogen-bond donors (Lipinski definition) is 1. The minimum absolute atomic E-state index is 0.0836. The van der Waals surface area contributed by atoms with Crippen LogP contribution in [-0.2, 0) is 11.3 Å². The summed E-state index contributed by atoms with van der Waals surface area (Å²) in [5, 5.41) is 16.1. The van der Waals surface area contributed by atoms with Crippen molar-refractivity contribution in [3.63, 3.8) is 0 Å². The minimum Gasteiger partial charge on any atom is -0.390 e. The Morgan fingerprint density at radius 1 is 1.06 bits per heavy atom. The first-order valence-electron chi connectivity index (χ1n) is 13.5. The molecule has 4 aliphatic carbocycles. The maximum Gasteiger partial charge on any atom is 0.157 e. The van der Waals surface area contributed by atoms with E-state index in [1.807, 2.05) is 13.1 Å². The Labute approximate surface area is 202 Å². The third-order valence-electron chi connectivity index (χ3n) is 11.2. The Kier molecular flexibility index (Phi) is 5.09. The molecule has 0 saturated heterocycles. The van der Waals surface area contributed by atoms with E-state index in [-0.39, 0.29) is 23.7 Å². The van der Waals surface area contributed by atoms with E-state index in [4.69, 9.17) is 0 Å². The van der Waals surface area contributed by atoms with Gasteiger partial charge in [-0.15, -0.1) is 0 Å². The summed E-state index contributed by atoms with van der Waals surface area (Å²) in [7, 11) is 0. The van der Waals surface area contributed by atoms with Gasteiger partial charge in [-0.05, 0) is 111 Å². The lowest BCUT2D eigenvalue weighted by Gasteiger charge is -2.61. The first-order valence-corrected chi connectivity index (χ1v) is 13.5. The van der Waals surface area contributed by atoms with Gasteiger partial charge in [-0.1, -0.05) is 13.8 Å². The Balaban J connectivity index is 1.20. The number of halogens is 1. The molecule has 2 unspecified atom stereocenters. The molecule has 4 saturated carbocycles. The summed E-state index contributed by atoms with van der Waals surface area (Å²) >= 11 is 0. The molecule has 1 N–H and O–H groups in total. The van der Waals surface area contributed by atoms with Gasteiger partial charge in [0.05, 0.1) is 17.7 Å². The number of aliphatic hydroxyl groups is 1. The van der Waals surface area contributed by atoms with Crippen molar-refractivity contribution in [3.8, 4) is 0 Å². The van der Waals surface area contributed by atoms with E-state index < -0.39 is 5.60 Å². The number of aromatic nitrogens is 2. The maximum atomic E-state index is 13.6. The molecule has 4 nitrogen and oxygen atoms in total. The number of rotatable bonds is 3. The van der Waals surface area contributed by atoms with Crippen LogP contribution >= 0.6 is 0 Å². The molecule has 1 heterocycles. The molecule has 34 heavy (non-hydrogen) atoms. The molecule has 6 rings (SSSR count). The van der Waals surface area contributed by atoms with Crippen molar-refractivity contribution < 1.29 is 14.3 Å². The Morgan fingerprint density at radius 2 is 1.85 bits per heavy atom. The fourth-order valence-electron chi connectivity index (χ4n) is 9.35. The van der Waals surface area contributed by atoms with Gasteiger partial charge in [-0.2, -0.15) is 5.10 Å². The molecule has 8 atom stereocenters. The normalized spacial score (nSPS) is 43.9. The number of carbonyl (C=O) groups excluding carboxylic acids is 1. The highest BCUT2D eigenvalue weighted by Gasteiger charge is 2.61. The van der Waals surface area contributed by atoms with Crippen LogP contribution in [0.1, 0.15) is 78.6 Å². The largest absolute Gasteiger partial charge is 0.390 e. The second-order valence-electron chi connectivity index (χ2n) is 13.0. The maximum absolute atomic E-state index is 13.6. The number of benzene rings is 1. The zero-order valence-corrected chi connectivity index (χ0v) is 20.9. The van der Waals surface area contributed by atoms with E-state index in [0.717, 1.165) is 49.3 Å². The van der Waals surface area contributed by atoms with Gasteiger partial charge in [0.15, 0.2) is 5.78 Å². The predicted molar refractivity (Wildman–Crippen MR) is 131 cm³/mol. The first-order chi connectivity index (χ1) is 16.1. The van der Waals surface area contributed by atoms with Gasteiger partial charge in [0, 0.05) is 23.6 Å². The van der Waals surface area contributed by atoms with Crippen molar-refractivity contribution in [2.75, 3.05) is 0 Å². The van der Waals surface area contributed by atoms with E-state index in [2.05, 4.69) is 18.9 Å². The summed E-state index contributed by atoms with van der Waals surface area (Å²) in [6.45, 7) is 7.24. The summed E-state index contributed by atoms with van der Waals surface area (Å²) in [6, 6.07) is 4.61. The highest BCUT2D eigenvalue weighted by atomic mass is 19.1. The van der Waals surface area contributed by atoms with Crippen LogP contribution < -0.4 is 0 Å². The van der Waals surface area contributed by atoms with Crippen LogP contribution in [0, 0.1) is 46.2 Å². The van der Waals surface area contributed by atoms with Gasteiger partial charge in [-0.3, -0.25) is 9.48 Å². The van der Waals surface area contributed by atoms with Crippen LogP contribution in [0.2, 0.25) is 0 Å². The number of ketones is 1. The van der Waals surface area contributed by atoms with Crippen molar-refractivity contribution in [1.29, 1.82) is 0 Å². The number of fused-ring (bicyclic) bond motifs is 6. The molecule has 1 aromatic carbocycles. The average molecular weight is 467 g/mol. The Morgan fingerprint density at radius 3 is 2.68 bits per heavy atom. The van der Waals surface area contributed by atoms with E-state index in [1.54, 1.807) is 10.7 Å². The lowest BCUT2D eigenvalue weighted by Crippen LogP contribution is -2.55. The molecule has 0 amide bonds. The third kappa shape index (κ3) is 3.40. The number of nitrogens with zero attached hydrogens (tertiary/aromatic N) is 2. The van der Waals surface area contributed by atoms with Crippen molar-refractivity contribution >= 4 is 16.7 Å². The van der Waals surface area contributed by atoms with Gasteiger partial charge in [0.1, 0.15) is 5.82 Å². The zero-order valence-electron chi connectivity index (χ0n) is 20.9. The van der Waals surface area contributed by atoms with Crippen LogP contribution in [0.25, 0.3) is 10.9 Å². The minimum atomic E-state index is -0.492. The summed E-state index contributed by atoms with van der Waals surface area (Å²) in [6.07, 6.45) is 11.9. The standard InChI is InChI=1S/C29H39FN2O2/c1-27(34)12-13-28(2)19(15-27)5-7-21-22-8-9-24(29(22,3)11-10-23(21)28)26(33)17-32-16-18-4-6-20(30)14-25(18)31-32/h4,6,14,16,19,21-24,34H,5,7-13,15,17H2,1-3H3/t19-,21?,22-,23-,24+,27+,28-,29?/m0/s1. The second-order valence-corrected chi connectivity index (χ2v) is 13.0. The molecular weight excluding hydrogens is 427 g/mol. The SMILES string of the molecule is CC12CC[C@H]3C(CC[C@H]4C[C@](C)(O)CC[C@@]43C)[C@@H]1CC[C@@H]2C(=O)Cn1cc2ccc(F)cc2n1. The van der Waals surface area contributed by atoms with Crippen molar-refractivity contribution in [1.82, 2.24) is 9.78 Å². The van der Waals surface area contributed by atoms with Crippen LogP contribution in [0.15, 0.2) is 24.4 Å². The molecule has 4 aliphatic rings. The molecule has 2 aromatic rings. The van der Waals surface area contributed by atoms with E-state index in [9.17, 15) is 14.3 Å². The smallest absolute Gasteiger partial charge is 0.157 e. The first kappa shape index (κ1) is 22.7. The summed E-state index contributed by atoms with van der Waals surface area (Å²) < 4.78 is 15.3. The third-order valence-corrected chi connectivity index (χ3v) is 11.2. The average Bonchev–Trinajstić information content (AvgIpc) is 3.33. The Hall–Kier alpha value is -1.75.